The maximum Gasteiger partial charge on any atom is 0.133 e. The van der Waals surface area contributed by atoms with Crippen LogP contribution >= 0.6 is 0 Å². The van der Waals surface area contributed by atoms with Crippen LogP contribution < -0.4 is 5.32 Å². The number of nitrogens with one attached hydrogen (secondary N) is 1. The molecule has 4 nitrogen and oxygen atoms in total. The number of phenols is 1. The number of aryl methyl sites for hydroxylation is 1. The molecule has 18 heavy (non-hydrogen) atoms. The molecular weight excluding hydrogens is 228 g/mol. The van der Waals surface area contributed by atoms with Gasteiger partial charge in [-0.3, -0.25) is 4.98 Å². The van der Waals surface area contributed by atoms with Gasteiger partial charge in [-0.05, 0) is 37.6 Å². The molecular formula is C14H16N2O2. The zero-order valence-corrected chi connectivity index (χ0v) is 10.4. The van der Waals surface area contributed by atoms with Gasteiger partial charge >= 0.3 is 0 Å². The molecule has 0 bridgehead atoms. The minimum atomic E-state index is 0.155. The van der Waals surface area contributed by atoms with E-state index in [0.29, 0.717) is 12.3 Å². The molecule has 0 aliphatic rings. The van der Waals surface area contributed by atoms with E-state index in [2.05, 4.69) is 10.3 Å². The molecule has 94 valence electrons. The molecule has 0 spiro atoms. The van der Waals surface area contributed by atoms with Gasteiger partial charge in [0.25, 0.3) is 0 Å². The highest BCUT2D eigenvalue weighted by molar-refractivity contribution is 5.59. The van der Waals surface area contributed by atoms with Crippen LogP contribution in [-0.4, -0.2) is 15.2 Å². The van der Waals surface area contributed by atoms with E-state index < -0.39 is 0 Å². The third kappa shape index (κ3) is 2.53. The second kappa shape index (κ2) is 4.96. The highest BCUT2D eigenvalue weighted by Gasteiger charge is 2.05. The minimum Gasteiger partial charge on any atom is -0.507 e. The molecule has 3 N–H and O–H groups in total. The fourth-order valence-corrected chi connectivity index (χ4v) is 1.73. The van der Waals surface area contributed by atoms with Crippen molar-refractivity contribution >= 4 is 5.69 Å². The Morgan fingerprint density at radius 2 is 1.89 bits per heavy atom. The molecule has 0 radical (unpaired) electrons. The van der Waals surface area contributed by atoms with Gasteiger partial charge in [0, 0.05) is 11.3 Å². The second-order valence-electron chi connectivity index (χ2n) is 4.26. The third-order valence-electron chi connectivity index (χ3n) is 2.90. The van der Waals surface area contributed by atoms with Crippen molar-refractivity contribution in [1.29, 1.82) is 0 Å². The Labute approximate surface area is 106 Å². The zero-order valence-electron chi connectivity index (χ0n) is 10.4. The number of phenolic OH excluding ortho intramolecular Hbond substituents is 1. The fourth-order valence-electron chi connectivity index (χ4n) is 1.73. The number of anilines is 1. The van der Waals surface area contributed by atoms with E-state index in [9.17, 15) is 5.11 Å². The number of aromatic nitrogens is 1. The van der Waals surface area contributed by atoms with E-state index in [0.717, 1.165) is 22.5 Å². The zero-order chi connectivity index (χ0) is 13.1. The quantitative estimate of drug-likeness (QED) is 0.776. The summed E-state index contributed by atoms with van der Waals surface area (Å²) in [5.41, 5.74) is 3.40. The van der Waals surface area contributed by atoms with Crippen LogP contribution in [0.15, 0.2) is 30.5 Å². The van der Waals surface area contributed by atoms with Crippen molar-refractivity contribution in [2.24, 2.45) is 0 Å². The highest BCUT2D eigenvalue weighted by Crippen LogP contribution is 2.28. The van der Waals surface area contributed by atoms with Gasteiger partial charge in [-0.1, -0.05) is 6.07 Å². The van der Waals surface area contributed by atoms with Gasteiger partial charge in [0.15, 0.2) is 0 Å². The maximum atomic E-state index is 9.83. The van der Waals surface area contributed by atoms with Gasteiger partial charge in [-0.2, -0.15) is 0 Å². The maximum absolute atomic E-state index is 9.83. The molecule has 0 atom stereocenters. The predicted molar refractivity (Wildman–Crippen MR) is 70.8 cm³/mol. The first kappa shape index (κ1) is 12.2. The normalized spacial score (nSPS) is 10.3. The number of nitrogens with zero attached hydrogens (tertiary/aromatic N) is 1. The van der Waals surface area contributed by atoms with Gasteiger partial charge in [-0.15, -0.1) is 0 Å². The van der Waals surface area contributed by atoms with Gasteiger partial charge < -0.3 is 15.5 Å². The first-order valence-corrected chi connectivity index (χ1v) is 5.75. The fraction of sp³-hybridized carbons (Fsp3) is 0.214. The van der Waals surface area contributed by atoms with E-state index in [1.165, 1.54) is 6.20 Å². The van der Waals surface area contributed by atoms with Crippen molar-refractivity contribution in [3.63, 3.8) is 0 Å². The SMILES string of the molecule is Cc1ccc(NCc2ccc(O)cn2)c(C)c1O. The monoisotopic (exact) mass is 244 g/mol. The number of aromatic hydroxyl groups is 2. The van der Waals surface area contributed by atoms with E-state index >= 15 is 0 Å². The van der Waals surface area contributed by atoms with E-state index in [4.69, 9.17) is 5.11 Å². The van der Waals surface area contributed by atoms with E-state index in [1.54, 1.807) is 12.1 Å². The van der Waals surface area contributed by atoms with Gasteiger partial charge in [0.05, 0.1) is 18.4 Å². The van der Waals surface area contributed by atoms with Crippen molar-refractivity contribution in [3.05, 3.63) is 47.3 Å². The lowest BCUT2D eigenvalue weighted by molar-refractivity contribution is 0.467. The number of hydrogen-bond donors (Lipinski definition) is 3. The molecule has 0 aliphatic carbocycles. The average Bonchev–Trinajstić information content (AvgIpc) is 2.37. The Hall–Kier alpha value is -2.23. The summed E-state index contributed by atoms with van der Waals surface area (Å²) in [5.74, 6) is 0.474. The lowest BCUT2D eigenvalue weighted by Gasteiger charge is -2.12. The van der Waals surface area contributed by atoms with E-state index in [1.807, 2.05) is 26.0 Å². The molecule has 0 saturated heterocycles. The summed E-state index contributed by atoms with van der Waals surface area (Å²) in [6, 6.07) is 7.16. The van der Waals surface area contributed by atoms with Crippen molar-refractivity contribution in [1.82, 2.24) is 4.98 Å². The summed E-state index contributed by atoms with van der Waals surface area (Å²) in [4.78, 5) is 4.09. The summed E-state index contributed by atoms with van der Waals surface area (Å²) in [6.45, 7) is 4.28. The molecule has 0 amide bonds. The summed E-state index contributed by atoms with van der Waals surface area (Å²) in [6.07, 6.45) is 1.41. The van der Waals surface area contributed by atoms with Gasteiger partial charge in [0.2, 0.25) is 0 Å². The van der Waals surface area contributed by atoms with Crippen molar-refractivity contribution < 1.29 is 10.2 Å². The average molecular weight is 244 g/mol. The minimum absolute atomic E-state index is 0.155. The van der Waals surface area contributed by atoms with Crippen LogP contribution in [0.3, 0.4) is 0 Å². The topological polar surface area (TPSA) is 65.4 Å². The van der Waals surface area contributed by atoms with Crippen LogP contribution in [0.1, 0.15) is 16.8 Å². The van der Waals surface area contributed by atoms with Crippen LogP contribution in [0.5, 0.6) is 11.5 Å². The largest absolute Gasteiger partial charge is 0.507 e. The Kier molecular flexibility index (Phi) is 3.37. The molecule has 2 aromatic rings. The number of benzene rings is 1. The van der Waals surface area contributed by atoms with Crippen LogP contribution in [-0.2, 0) is 6.54 Å². The van der Waals surface area contributed by atoms with Crippen LogP contribution in [0.2, 0.25) is 0 Å². The van der Waals surface area contributed by atoms with Crippen LogP contribution in [0.25, 0.3) is 0 Å². The Bertz CT molecular complexity index is 550. The number of pyridine rings is 1. The smallest absolute Gasteiger partial charge is 0.133 e. The molecule has 0 saturated carbocycles. The summed E-state index contributed by atoms with van der Waals surface area (Å²) in [5, 5.41) is 22.2. The molecule has 1 aromatic heterocycles. The molecule has 0 fully saturated rings. The van der Waals surface area contributed by atoms with Crippen molar-refractivity contribution in [3.8, 4) is 11.5 Å². The summed E-state index contributed by atoms with van der Waals surface area (Å²) < 4.78 is 0. The lowest BCUT2D eigenvalue weighted by Crippen LogP contribution is -2.03. The number of hydrogen-bond acceptors (Lipinski definition) is 4. The first-order chi connectivity index (χ1) is 8.58. The summed E-state index contributed by atoms with van der Waals surface area (Å²) >= 11 is 0. The molecule has 4 heteroatoms. The van der Waals surface area contributed by atoms with Crippen molar-refractivity contribution in [2.75, 3.05) is 5.32 Å². The highest BCUT2D eigenvalue weighted by atomic mass is 16.3. The number of rotatable bonds is 3. The van der Waals surface area contributed by atoms with Crippen LogP contribution in [0, 0.1) is 13.8 Å². The standard InChI is InChI=1S/C14H16N2O2/c1-9-3-6-13(10(2)14(9)18)16-7-11-4-5-12(17)8-15-11/h3-6,8,16-18H,7H2,1-2H3. The summed E-state index contributed by atoms with van der Waals surface area (Å²) in [7, 11) is 0. The van der Waals surface area contributed by atoms with E-state index in [-0.39, 0.29) is 5.75 Å². The Balaban J connectivity index is 2.11. The Morgan fingerprint density at radius 3 is 2.56 bits per heavy atom. The van der Waals surface area contributed by atoms with Crippen molar-refractivity contribution in [2.45, 2.75) is 20.4 Å². The second-order valence-corrected chi connectivity index (χ2v) is 4.26. The predicted octanol–water partition coefficient (Wildman–Crippen LogP) is 2.72. The molecule has 0 aliphatic heterocycles. The Morgan fingerprint density at radius 1 is 1.11 bits per heavy atom. The van der Waals surface area contributed by atoms with Gasteiger partial charge in [-0.25, -0.2) is 0 Å². The lowest BCUT2D eigenvalue weighted by atomic mass is 10.1. The van der Waals surface area contributed by atoms with Gasteiger partial charge in [0.1, 0.15) is 11.5 Å². The first-order valence-electron chi connectivity index (χ1n) is 5.75. The third-order valence-corrected chi connectivity index (χ3v) is 2.90. The molecule has 1 aromatic carbocycles. The molecule has 0 unspecified atom stereocenters. The molecule has 1 heterocycles. The van der Waals surface area contributed by atoms with Crippen LogP contribution in [0.4, 0.5) is 5.69 Å². The molecule has 2 rings (SSSR count).